The molecule has 0 fully saturated rings. The number of nitrogens with zero attached hydrogens (tertiary/aromatic N) is 2. The van der Waals surface area contributed by atoms with Crippen molar-refractivity contribution in [3.63, 3.8) is 0 Å². The van der Waals surface area contributed by atoms with Gasteiger partial charge >= 0.3 is 0 Å². The van der Waals surface area contributed by atoms with Gasteiger partial charge in [-0.05, 0) is 29.1 Å². The molecule has 0 aliphatic carbocycles. The van der Waals surface area contributed by atoms with Gasteiger partial charge in [-0.25, -0.2) is 0 Å². The highest BCUT2D eigenvalue weighted by molar-refractivity contribution is 5.80. The van der Waals surface area contributed by atoms with Gasteiger partial charge in [0, 0.05) is 24.9 Å². The van der Waals surface area contributed by atoms with Gasteiger partial charge < -0.3 is 18.9 Å². The molecule has 5 heteroatoms. The minimum absolute atomic E-state index is 0.0603. The van der Waals surface area contributed by atoms with Crippen LogP contribution in [0.25, 0.3) is 10.9 Å². The fourth-order valence-corrected chi connectivity index (χ4v) is 2.30. The summed E-state index contributed by atoms with van der Waals surface area (Å²) in [6.45, 7) is 1.14. The van der Waals surface area contributed by atoms with Crippen molar-refractivity contribution in [3.05, 3.63) is 53.5 Å². The number of aliphatic hydroxyl groups excluding tert-OH is 1. The third kappa shape index (κ3) is 2.45. The predicted molar refractivity (Wildman–Crippen MR) is 74.2 cm³/mol. The standard InChI is InChI=1S/C15H16N2O3/c1-19-10-14-7-13(16-20-14)8-17-5-4-12-6-11(9-18)2-3-15(12)17/h2-7,18H,8-10H2,1H3. The van der Waals surface area contributed by atoms with Crippen molar-refractivity contribution >= 4 is 10.9 Å². The maximum absolute atomic E-state index is 9.15. The van der Waals surface area contributed by atoms with Crippen molar-refractivity contribution in [3.8, 4) is 0 Å². The number of hydrogen-bond donors (Lipinski definition) is 1. The number of ether oxygens (including phenoxy) is 1. The summed E-state index contributed by atoms with van der Waals surface area (Å²) < 4.78 is 12.3. The minimum atomic E-state index is 0.0603. The Morgan fingerprint density at radius 2 is 2.20 bits per heavy atom. The summed E-state index contributed by atoms with van der Waals surface area (Å²) >= 11 is 0. The number of fused-ring (bicyclic) bond motifs is 1. The van der Waals surface area contributed by atoms with Crippen molar-refractivity contribution in [2.75, 3.05) is 7.11 Å². The fourth-order valence-electron chi connectivity index (χ4n) is 2.30. The molecule has 2 aromatic heterocycles. The van der Waals surface area contributed by atoms with Crippen LogP contribution >= 0.6 is 0 Å². The Hall–Kier alpha value is -2.11. The van der Waals surface area contributed by atoms with Crippen molar-refractivity contribution in [2.45, 2.75) is 19.8 Å². The number of aliphatic hydroxyl groups is 1. The molecule has 0 amide bonds. The molecule has 0 atom stereocenters. The quantitative estimate of drug-likeness (QED) is 0.774. The lowest BCUT2D eigenvalue weighted by atomic mass is 10.2. The molecule has 104 valence electrons. The highest BCUT2D eigenvalue weighted by atomic mass is 16.5. The third-order valence-corrected chi connectivity index (χ3v) is 3.24. The zero-order valence-electron chi connectivity index (χ0n) is 11.2. The monoisotopic (exact) mass is 272 g/mol. The molecule has 0 bridgehead atoms. The maximum atomic E-state index is 9.15. The molecule has 2 heterocycles. The zero-order chi connectivity index (χ0) is 13.9. The Morgan fingerprint density at radius 3 is 3.00 bits per heavy atom. The molecule has 3 aromatic rings. The van der Waals surface area contributed by atoms with E-state index in [1.54, 1.807) is 7.11 Å². The second kappa shape index (κ2) is 5.48. The lowest BCUT2D eigenvalue weighted by Gasteiger charge is -2.03. The van der Waals surface area contributed by atoms with Gasteiger partial charge in [0.25, 0.3) is 0 Å². The van der Waals surface area contributed by atoms with E-state index in [0.717, 1.165) is 27.9 Å². The largest absolute Gasteiger partial charge is 0.392 e. The Morgan fingerprint density at radius 1 is 1.30 bits per heavy atom. The second-order valence-corrected chi connectivity index (χ2v) is 4.71. The Bertz CT molecular complexity index is 715. The van der Waals surface area contributed by atoms with Gasteiger partial charge in [0.1, 0.15) is 12.3 Å². The van der Waals surface area contributed by atoms with E-state index in [-0.39, 0.29) is 6.61 Å². The van der Waals surface area contributed by atoms with Gasteiger partial charge in [0.05, 0.1) is 13.2 Å². The first-order valence-electron chi connectivity index (χ1n) is 6.42. The number of benzene rings is 1. The summed E-state index contributed by atoms with van der Waals surface area (Å²) in [5, 5.41) is 14.3. The average Bonchev–Trinajstić information content (AvgIpc) is 3.07. The van der Waals surface area contributed by atoms with Crippen LogP contribution in [0.2, 0.25) is 0 Å². The van der Waals surface area contributed by atoms with E-state index >= 15 is 0 Å². The summed E-state index contributed by atoms with van der Waals surface area (Å²) in [5.41, 5.74) is 2.89. The molecule has 20 heavy (non-hydrogen) atoms. The zero-order valence-corrected chi connectivity index (χ0v) is 11.2. The first-order chi connectivity index (χ1) is 9.80. The van der Waals surface area contributed by atoms with Crippen molar-refractivity contribution in [1.82, 2.24) is 9.72 Å². The van der Waals surface area contributed by atoms with Gasteiger partial charge in [0.2, 0.25) is 0 Å². The van der Waals surface area contributed by atoms with Crippen LogP contribution in [-0.2, 0) is 24.5 Å². The molecular formula is C15H16N2O3. The Kier molecular flexibility index (Phi) is 3.54. The smallest absolute Gasteiger partial charge is 0.162 e. The van der Waals surface area contributed by atoms with E-state index < -0.39 is 0 Å². The third-order valence-electron chi connectivity index (χ3n) is 3.24. The van der Waals surface area contributed by atoms with Gasteiger partial charge in [-0.15, -0.1) is 0 Å². The number of methoxy groups -OCH3 is 1. The fraction of sp³-hybridized carbons (Fsp3) is 0.267. The molecule has 1 aromatic carbocycles. The average molecular weight is 272 g/mol. The van der Waals surface area contributed by atoms with E-state index in [1.807, 2.05) is 36.5 Å². The molecule has 0 saturated heterocycles. The topological polar surface area (TPSA) is 60.4 Å². The van der Waals surface area contributed by atoms with Crippen molar-refractivity contribution < 1.29 is 14.4 Å². The highest BCUT2D eigenvalue weighted by Crippen LogP contribution is 2.19. The van der Waals surface area contributed by atoms with Crippen LogP contribution in [0.1, 0.15) is 17.0 Å². The van der Waals surface area contributed by atoms with Gasteiger partial charge in [-0.3, -0.25) is 0 Å². The van der Waals surface area contributed by atoms with Crippen LogP contribution in [0.15, 0.2) is 41.1 Å². The molecule has 0 radical (unpaired) electrons. The van der Waals surface area contributed by atoms with Crippen molar-refractivity contribution in [2.24, 2.45) is 0 Å². The molecule has 5 nitrogen and oxygen atoms in total. The lowest BCUT2D eigenvalue weighted by Crippen LogP contribution is -1.98. The normalized spacial score (nSPS) is 11.3. The first kappa shape index (κ1) is 12.9. The van der Waals surface area contributed by atoms with Gasteiger partial charge in [0.15, 0.2) is 5.76 Å². The van der Waals surface area contributed by atoms with E-state index in [0.29, 0.717) is 13.2 Å². The van der Waals surface area contributed by atoms with Crippen LogP contribution < -0.4 is 0 Å². The molecule has 0 saturated carbocycles. The molecular weight excluding hydrogens is 256 g/mol. The summed E-state index contributed by atoms with van der Waals surface area (Å²) in [6.07, 6.45) is 2.01. The summed E-state index contributed by atoms with van der Waals surface area (Å²) in [7, 11) is 1.63. The molecule has 0 spiro atoms. The minimum Gasteiger partial charge on any atom is -0.392 e. The van der Waals surface area contributed by atoms with Gasteiger partial charge in [-0.2, -0.15) is 0 Å². The van der Waals surface area contributed by atoms with Crippen LogP contribution in [0.5, 0.6) is 0 Å². The predicted octanol–water partition coefficient (Wildman–Crippen LogP) is 2.32. The van der Waals surface area contributed by atoms with Crippen LogP contribution in [0.3, 0.4) is 0 Å². The van der Waals surface area contributed by atoms with E-state index in [9.17, 15) is 0 Å². The first-order valence-corrected chi connectivity index (χ1v) is 6.42. The summed E-state index contributed by atoms with van der Waals surface area (Å²) in [6, 6.07) is 9.86. The lowest BCUT2D eigenvalue weighted by molar-refractivity contribution is 0.155. The van der Waals surface area contributed by atoms with E-state index in [4.69, 9.17) is 14.4 Å². The highest BCUT2D eigenvalue weighted by Gasteiger charge is 2.07. The second-order valence-electron chi connectivity index (χ2n) is 4.71. The summed E-state index contributed by atoms with van der Waals surface area (Å²) in [4.78, 5) is 0. The van der Waals surface area contributed by atoms with E-state index in [2.05, 4.69) is 9.72 Å². The molecule has 3 rings (SSSR count). The molecule has 0 aliphatic heterocycles. The maximum Gasteiger partial charge on any atom is 0.162 e. The van der Waals surface area contributed by atoms with Crippen LogP contribution in [-0.4, -0.2) is 21.9 Å². The molecule has 0 unspecified atom stereocenters. The SMILES string of the molecule is COCc1cc(Cn2ccc3cc(CO)ccc32)no1. The van der Waals surface area contributed by atoms with Crippen molar-refractivity contribution in [1.29, 1.82) is 0 Å². The van der Waals surface area contributed by atoms with E-state index in [1.165, 1.54) is 0 Å². The Labute approximate surface area is 116 Å². The summed E-state index contributed by atoms with van der Waals surface area (Å²) in [5.74, 6) is 0.724. The number of hydrogen-bond acceptors (Lipinski definition) is 4. The van der Waals surface area contributed by atoms with Gasteiger partial charge in [-0.1, -0.05) is 11.2 Å². The number of rotatable bonds is 5. The molecule has 0 aliphatic rings. The Balaban J connectivity index is 1.86. The van der Waals surface area contributed by atoms with Crippen LogP contribution in [0.4, 0.5) is 0 Å². The number of aromatic nitrogens is 2. The molecule has 1 N–H and O–H groups in total. The van der Waals surface area contributed by atoms with Crippen LogP contribution in [0, 0.1) is 0 Å².